The molecule has 4 rings (SSSR count). The third-order valence-electron chi connectivity index (χ3n) is 12.3. The number of rotatable bonds is 6. The maximum atomic E-state index is 13.8. The Bertz CT molecular complexity index is 1910. The molecule has 0 aromatic carbocycles. The monoisotopic (exact) mass is 989 g/mol. The fourth-order valence-electron chi connectivity index (χ4n) is 8.37. The minimum Gasteiger partial charge on any atom is -0.462 e. The van der Waals surface area contributed by atoms with Crippen molar-refractivity contribution in [2.45, 2.75) is 169 Å². The van der Waals surface area contributed by atoms with Crippen LogP contribution < -0.4 is 11.1 Å². The van der Waals surface area contributed by atoms with Gasteiger partial charge >= 0.3 is 5.97 Å². The number of imidazole rings is 1. The molecule has 392 valence electrons. The van der Waals surface area contributed by atoms with Gasteiger partial charge in [-0.15, -0.1) is 0 Å². The van der Waals surface area contributed by atoms with Crippen LogP contribution in [-0.2, 0) is 35.0 Å². The number of fused-ring (bicyclic) bond motifs is 2. The van der Waals surface area contributed by atoms with E-state index in [2.05, 4.69) is 15.3 Å². The van der Waals surface area contributed by atoms with Crippen LogP contribution in [0.5, 0.6) is 0 Å². The maximum absolute atomic E-state index is 13.8. The van der Waals surface area contributed by atoms with Crippen LogP contribution in [0, 0.1) is 11.8 Å². The lowest BCUT2D eigenvalue weighted by Gasteiger charge is -2.45. The zero-order chi connectivity index (χ0) is 51.2. The Hall–Kier alpha value is -4.23. The number of allylic oxidation sites excluding steroid dienone is 12. The molecule has 2 fully saturated rings. The Balaban J connectivity index is 1.57. The molecular weight excluding hydrogens is 913 g/mol. The number of hydrogen-bond donors (Lipinski definition) is 13. The number of carbonyl (C=O) groups is 2. The van der Waals surface area contributed by atoms with Crippen LogP contribution in [-0.4, -0.2) is 177 Å². The van der Waals surface area contributed by atoms with E-state index in [9.17, 15) is 60.7 Å². The summed E-state index contributed by atoms with van der Waals surface area (Å²) in [6, 6.07) is -1.11. The molecule has 20 heteroatoms. The first-order chi connectivity index (χ1) is 33.3. The van der Waals surface area contributed by atoms with E-state index >= 15 is 0 Å². The van der Waals surface area contributed by atoms with Gasteiger partial charge in [-0.1, -0.05) is 92.0 Å². The molecule has 1 aromatic heterocycles. The van der Waals surface area contributed by atoms with Crippen LogP contribution in [0.25, 0.3) is 0 Å². The van der Waals surface area contributed by atoms with E-state index in [4.69, 9.17) is 24.7 Å². The molecular formula is C50H76N4O16. The van der Waals surface area contributed by atoms with E-state index in [-0.39, 0.29) is 51.2 Å². The fraction of sp³-hybridized carbons (Fsp3) is 0.620. The Labute approximate surface area is 409 Å². The quantitative estimate of drug-likeness (QED) is 0.168. The fourth-order valence-corrected chi connectivity index (χ4v) is 8.37. The van der Waals surface area contributed by atoms with Gasteiger partial charge in [0.1, 0.15) is 12.2 Å². The predicted octanol–water partition coefficient (Wildman–Crippen LogP) is 0.0746. The number of H-pyrrole nitrogens is 1. The third-order valence-corrected chi connectivity index (χ3v) is 12.3. The number of nitrogens with one attached hydrogen (secondary N) is 2. The van der Waals surface area contributed by atoms with Crippen molar-refractivity contribution in [1.82, 2.24) is 15.3 Å². The number of aliphatic hydroxyl groups excluding tert-OH is 9. The average Bonchev–Trinajstić information content (AvgIpc) is 3.81. The van der Waals surface area contributed by atoms with Crippen LogP contribution in [0.15, 0.2) is 97.6 Å². The van der Waals surface area contributed by atoms with Gasteiger partial charge < -0.3 is 86.0 Å². The van der Waals surface area contributed by atoms with E-state index in [0.29, 0.717) is 6.42 Å². The van der Waals surface area contributed by atoms with E-state index in [1.165, 1.54) is 6.33 Å². The zero-order valence-electron chi connectivity index (χ0n) is 39.9. The van der Waals surface area contributed by atoms with Crippen molar-refractivity contribution < 1.29 is 79.6 Å². The summed E-state index contributed by atoms with van der Waals surface area (Å²) >= 11 is 0. The van der Waals surface area contributed by atoms with Gasteiger partial charge in [-0.25, -0.2) is 4.98 Å². The minimum absolute atomic E-state index is 0.0944. The highest BCUT2D eigenvalue weighted by Crippen LogP contribution is 2.38. The summed E-state index contributed by atoms with van der Waals surface area (Å²) in [6.07, 6.45) is 9.23. The molecule has 3 aliphatic rings. The Morgan fingerprint density at radius 3 is 2.06 bits per heavy atom. The SMILES string of the molecule is C[C@H]1C[C@H](O)[C@@H](C)/C=C/C=C/C=C/C=C/C=C/C=C/C=C/C(O[C@@H]2OC[C@@H](O)[C@H](N)[C@@H]2O)C[C@@H]2OC(O)(CC(O)CC(O)C(O)CCC(O)CC(O)CC(=O)O1)C[C@H](O)C2C(=O)NCCc1cnc[nH]1. The van der Waals surface area contributed by atoms with Gasteiger partial charge in [0.2, 0.25) is 5.91 Å². The number of amides is 1. The first kappa shape index (κ1) is 58.3. The van der Waals surface area contributed by atoms with Gasteiger partial charge in [-0.05, 0) is 26.2 Å². The second kappa shape index (κ2) is 30.0. The van der Waals surface area contributed by atoms with Gasteiger partial charge in [0.15, 0.2) is 12.1 Å². The normalized spacial score (nSPS) is 40.9. The molecule has 0 saturated carbocycles. The second-order valence-electron chi connectivity index (χ2n) is 18.5. The standard InChI is InChI=1S/C50H76N4O16/c1-31-15-13-11-9-7-5-3-4-6-8-10-12-14-16-37(69-49-47(64)46(51)42(62)29-67-49)25-43-45(48(65)53-20-19-33-28-52-30-54-33)41(61)27-50(66,70-43)26-36(57)23-40(60)38(58)18-17-34(55)22-35(56)24-44(63)68-32(2)21-39(31)59/h3-16,28,30-32,34-43,45-47,49,55-62,64,66H,17-27,29,51H2,1-2H3,(H,52,54)(H,53,65)/b4-3+,7-5+,8-6+,11-9+,12-10+,15-13+,16-14+/t31-,32-,34?,35?,36?,37?,38?,39-,40?,41-,42+,43-,45?,46-,47-,49-,50?/m0/s1. The van der Waals surface area contributed by atoms with Gasteiger partial charge in [-0.2, -0.15) is 0 Å². The summed E-state index contributed by atoms with van der Waals surface area (Å²) in [4.78, 5) is 33.3. The number of cyclic esters (lactones) is 1. The largest absolute Gasteiger partial charge is 0.462 e. The molecule has 70 heavy (non-hydrogen) atoms. The molecule has 1 aromatic rings. The van der Waals surface area contributed by atoms with Crippen LogP contribution in [0.4, 0.5) is 0 Å². The van der Waals surface area contributed by atoms with Crippen LogP contribution >= 0.6 is 0 Å². The van der Waals surface area contributed by atoms with E-state index < -0.39 is 135 Å². The van der Waals surface area contributed by atoms with Crippen molar-refractivity contribution in [3.63, 3.8) is 0 Å². The molecule has 0 spiro atoms. The predicted molar refractivity (Wildman–Crippen MR) is 256 cm³/mol. The minimum atomic E-state index is -2.28. The number of esters is 1. The number of aromatic amines is 1. The van der Waals surface area contributed by atoms with Crippen molar-refractivity contribution in [1.29, 1.82) is 0 Å². The topological polar surface area (TPSA) is 340 Å². The highest BCUT2D eigenvalue weighted by atomic mass is 16.7. The first-order valence-corrected chi connectivity index (χ1v) is 24.0. The van der Waals surface area contributed by atoms with Crippen LogP contribution in [0.1, 0.15) is 77.3 Å². The van der Waals surface area contributed by atoms with Gasteiger partial charge in [0, 0.05) is 62.9 Å². The molecule has 3 aliphatic heterocycles. The summed E-state index contributed by atoms with van der Waals surface area (Å²) < 4.78 is 23.4. The lowest BCUT2D eigenvalue weighted by atomic mass is 9.82. The van der Waals surface area contributed by atoms with Crippen molar-refractivity contribution in [2.75, 3.05) is 13.2 Å². The molecule has 8 unspecified atom stereocenters. The van der Waals surface area contributed by atoms with Gasteiger partial charge in [0.25, 0.3) is 0 Å². The number of aromatic nitrogens is 2. The Kier molecular flexibility index (Phi) is 25.0. The number of hydrogen-bond acceptors (Lipinski definition) is 18. The molecule has 4 heterocycles. The Morgan fingerprint density at radius 1 is 0.771 bits per heavy atom. The van der Waals surface area contributed by atoms with Crippen LogP contribution in [0.3, 0.4) is 0 Å². The Morgan fingerprint density at radius 2 is 1.41 bits per heavy atom. The summed E-state index contributed by atoms with van der Waals surface area (Å²) in [5, 5.41) is 112. The van der Waals surface area contributed by atoms with Crippen molar-refractivity contribution >= 4 is 11.9 Å². The summed E-state index contributed by atoms with van der Waals surface area (Å²) in [7, 11) is 0. The molecule has 2 bridgehead atoms. The van der Waals surface area contributed by atoms with Gasteiger partial charge in [-0.3, -0.25) is 9.59 Å². The zero-order valence-corrected chi connectivity index (χ0v) is 39.9. The first-order valence-electron chi connectivity index (χ1n) is 24.0. The van der Waals surface area contributed by atoms with E-state index in [1.54, 1.807) is 67.8 Å². The van der Waals surface area contributed by atoms with Crippen molar-refractivity contribution in [3.05, 3.63) is 103 Å². The molecule has 0 radical (unpaired) electrons. The number of nitrogens with zero attached hydrogens (tertiary/aromatic N) is 1. The molecule has 14 N–H and O–H groups in total. The number of ether oxygens (including phenoxy) is 4. The molecule has 20 nitrogen and oxygen atoms in total. The maximum Gasteiger partial charge on any atom is 0.308 e. The highest BCUT2D eigenvalue weighted by molar-refractivity contribution is 5.80. The van der Waals surface area contributed by atoms with Crippen molar-refractivity contribution in [3.8, 4) is 0 Å². The molecule has 17 atom stereocenters. The van der Waals surface area contributed by atoms with Crippen LogP contribution in [0.2, 0.25) is 0 Å². The number of aliphatic hydroxyl groups is 10. The van der Waals surface area contributed by atoms with Crippen molar-refractivity contribution in [2.24, 2.45) is 17.6 Å². The average molecular weight is 989 g/mol. The molecule has 2 saturated heterocycles. The van der Waals surface area contributed by atoms with Gasteiger partial charge in [0.05, 0.1) is 92.4 Å². The molecule has 0 aliphatic carbocycles. The lowest BCUT2D eigenvalue weighted by Crippen LogP contribution is -2.59. The second-order valence-corrected chi connectivity index (χ2v) is 18.5. The highest BCUT2D eigenvalue weighted by Gasteiger charge is 2.50. The lowest BCUT2D eigenvalue weighted by molar-refractivity contribution is -0.304. The van der Waals surface area contributed by atoms with E-state index in [1.807, 2.05) is 37.3 Å². The molecule has 1 amide bonds. The third kappa shape index (κ3) is 20.5. The summed E-state index contributed by atoms with van der Waals surface area (Å²) in [6.45, 7) is 3.36. The number of carbonyl (C=O) groups excluding carboxylic acids is 2. The van der Waals surface area contributed by atoms with E-state index in [0.717, 1.165) is 5.69 Å². The number of nitrogens with two attached hydrogens (primary N) is 1. The summed E-state index contributed by atoms with van der Waals surface area (Å²) in [5.41, 5.74) is 6.77. The smallest absolute Gasteiger partial charge is 0.308 e. The summed E-state index contributed by atoms with van der Waals surface area (Å²) in [5.74, 6) is -5.16.